The fourth-order valence-corrected chi connectivity index (χ4v) is 3.72. The Bertz CT molecular complexity index is 1170. The number of aliphatic hydroxyl groups excluding tert-OH is 1. The normalized spacial score (nSPS) is 12.0. The monoisotopic (exact) mass is 366 g/mol. The Labute approximate surface area is 165 Å². The lowest BCUT2D eigenvalue weighted by atomic mass is 9.87. The molecule has 0 saturated heterocycles. The van der Waals surface area contributed by atoms with E-state index in [0.29, 0.717) is 6.61 Å². The smallest absolute Gasteiger partial charge is 0.128 e. The number of hydrogen-bond acceptors (Lipinski definition) is 2. The molecule has 4 aromatic rings. The molecule has 2 nitrogen and oxygen atoms in total. The van der Waals surface area contributed by atoms with Crippen molar-refractivity contribution in [3.63, 3.8) is 0 Å². The predicted molar refractivity (Wildman–Crippen MR) is 118 cm³/mol. The number of fused-ring (bicyclic) bond motifs is 2. The largest absolute Gasteiger partial charge is 0.489 e. The molecule has 2 heteroatoms. The summed E-state index contributed by atoms with van der Waals surface area (Å²) in [6, 6.07) is 24.5. The fourth-order valence-electron chi connectivity index (χ4n) is 3.72. The summed E-state index contributed by atoms with van der Waals surface area (Å²) in [6.07, 6.45) is 2.52. The van der Waals surface area contributed by atoms with Crippen LogP contribution in [0.15, 0.2) is 98.1 Å². The first-order valence-electron chi connectivity index (χ1n) is 9.32. The molecule has 4 rings (SSSR count). The van der Waals surface area contributed by atoms with Crippen molar-refractivity contribution >= 4 is 21.5 Å². The van der Waals surface area contributed by atoms with Crippen molar-refractivity contribution < 1.29 is 9.84 Å². The van der Waals surface area contributed by atoms with Gasteiger partial charge in [-0.3, -0.25) is 0 Å². The van der Waals surface area contributed by atoms with Gasteiger partial charge in [0.15, 0.2) is 0 Å². The maximum atomic E-state index is 10.7. The lowest BCUT2D eigenvalue weighted by Gasteiger charge is -2.20. The SMILES string of the molecule is C=CCOc1ccc2ccccc2c1-c1c([C@H](O)C=C)ccc2ccccc12. The van der Waals surface area contributed by atoms with Gasteiger partial charge in [-0.2, -0.15) is 0 Å². The fraction of sp³-hybridized carbons (Fsp3) is 0.0769. The van der Waals surface area contributed by atoms with Crippen LogP contribution < -0.4 is 4.74 Å². The van der Waals surface area contributed by atoms with Crippen LogP contribution in [0, 0.1) is 0 Å². The van der Waals surface area contributed by atoms with E-state index in [-0.39, 0.29) is 0 Å². The van der Waals surface area contributed by atoms with Crippen LogP contribution in [-0.4, -0.2) is 11.7 Å². The van der Waals surface area contributed by atoms with Gasteiger partial charge in [0.25, 0.3) is 0 Å². The number of hydrogen-bond donors (Lipinski definition) is 1. The van der Waals surface area contributed by atoms with Gasteiger partial charge in [-0.05, 0) is 38.7 Å². The molecule has 1 N–H and O–H groups in total. The first-order chi connectivity index (χ1) is 13.7. The van der Waals surface area contributed by atoms with Crippen molar-refractivity contribution in [3.05, 3.63) is 104 Å². The van der Waals surface area contributed by atoms with Gasteiger partial charge < -0.3 is 9.84 Å². The highest BCUT2D eigenvalue weighted by Gasteiger charge is 2.20. The molecule has 0 aromatic heterocycles. The quantitative estimate of drug-likeness (QED) is 0.398. The molecule has 0 saturated carbocycles. The molecule has 138 valence electrons. The van der Waals surface area contributed by atoms with Crippen LogP contribution in [0.4, 0.5) is 0 Å². The summed E-state index contributed by atoms with van der Waals surface area (Å²) in [5, 5.41) is 15.1. The van der Waals surface area contributed by atoms with E-state index in [1.807, 2.05) is 42.5 Å². The van der Waals surface area contributed by atoms with Crippen LogP contribution in [0.1, 0.15) is 11.7 Å². The number of aliphatic hydroxyl groups is 1. The van der Waals surface area contributed by atoms with Crippen LogP contribution in [0.3, 0.4) is 0 Å². The molecule has 0 heterocycles. The lowest BCUT2D eigenvalue weighted by molar-refractivity contribution is 0.230. The summed E-state index contributed by atoms with van der Waals surface area (Å²) >= 11 is 0. The van der Waals surface area contributed by atoms with Gasteiger partial charge in [-0.25, -0.2) is 0 Å². The van der Waals surface area contributed by atoms with Gasteiger partial charge >= 0.3 is 0 Å². The summed E-state index contributed by atoms with van der Waals surface area (Å²) < 4.78 is 6.04. The average molecular weight is 366 g/mol. The zero-order chi connectivity index (χ0) is 19.5. The first kappa shape index (κ1) is 18.0. The van der Waals surface area contributed by atoms with E-state index in [0.717, 1.165) is 44.0 Å². The van der Waals surface area contributed by atoms with Crippen molar-refractivity contribution in [1.82, 2.24) is 0 Å². The maximum absolute atomic E-state index is 10.7. The highest BCUT2D eigenvalue weighted by molar-refractivity contribution is 6.09. The Morgan fingerprint density at radius 2 is 1.39 bits per heavy atom. The van der Waals surface area contributed by atoms with Gasteiger partial charge in [0.1, 0.15) is 12.4 Å². The van der Waals surface area contributed by atoms with Crippen molar-refractivity contribution in [2.75, 3.05) is 6.61 Å². The molecule has 0 unspecified atom stereocenters. The third-order valence-corrected chi connectivity index (χ3v) is 5.00. The number of ether oxygens (including phenoxy) is 1. The van der Waals surface area contributed by atoms with Gasteiger partial charge in [0, 0.05) is 5.56 Å². The van der Waals surface area contributed by atoms with Gasteiger partial charge in [-0.1, -0.05) is 85.5 Å². The lowest BCUT2D eigenvalue weighted by Crippen LogP contribution is -2.01. The third kappa shape index (κ3) is 3.08. The molecule has 0 aliphatic rings. The van der Waals surface area contributed by atoms with Crippen LogP contribution >= 0.6 is 0 Å². The highest BCUT2D eigenvalue weighted by atomic mass is 16.5. The Morgan fingerprint density at radius 1 is 0.786 bits per heavy atom. The zero-order valence-electron chi connectivity index (χ0n) is 15.6. The Kier molecular flexibility index (Phi) is 4.96. The second kappa shape index (κ2) is 7.71. The van der Waals surface area contributed by atoms with Gasteiger partial charge in [0.2, 0.25) is 0 Å². The Morgan fingerprint density at radius 3 is 2.04 bits per heavy atom. The molecule has 0 spiro atoms. The molecule has 0 radical (unpaired) electrons. The van der Waals surface area contributed by atoms with Crippen molar-refractivity contribution in [2.45, 2.75) is 6.10 Å². The van der Waals surface area contributed by atoms with E-state index < -0.39 is 6.10 Å². The topological polar surface area (TPSA) is 29.5 Å². The third-order valence-electron chi connectivity index (χ3n) is 5.00. The molecular weight excluding hydrogens is 344 g/mol. The van der Waals surface area contributed by atoms with E-state index in [1.54, 1.807) is 12.2 Å². The molecule has 0 aliphatic carbocycles. The second-order valence-electron chi connectivity index (χ2n) is 6.69. The average Bonchev–Trinajstić information content (AvgIpc) is 2.76. The van der Waals surface area contributed by atoms with E-state index in [2.05, 4.69) is 43.5 Å². The maximum Gasteiger partial charge on any atom is 0.128 e. The van der Waals surface area contributed by atoms with Crippen LogP contribution in [0.5, 0.6) is 5.75 Å². The van der Waals surface area contributed by atoms with E-state index >= 15 is 0 Å². The minimum Gasteiger partial charge on any atom is -0.489 e. The number of benzene rings is 4. The van der Waals surface area contributed by atoms with Crippen molar-refractivity contribution in [1.29, 1.82) is 0 Å². The molecule has 28 heavy (non-hydrogen) atoms. The van der Waals surface area contributed by atoms with Crippen LogP contribution in [0.2, 0.25) is 0 Å². The molecule has 0 bridgehead atoms. The molecular formula is C26H22O2. The standard InChI is InChI=1S/C26H22O2/c1-3-17-28-24-16-14-19-10-6-8-12-21(19)26(24)25-20-11-7-5-9-18(20)13-15-22(25)23(27)4-2/h3-16,23,27H,1-2,17H2/t23-/m1/s1. The number of rotatable bonds is 6. The minimum atomic E-state index is -0.772. The van der Waals surface area contributed by atoms with Gasteiger partial charge in [0.05, 0.1) is 6.10 Å². The molecule has 0 aliphatic heterocycles. The van der Waals surface area contributed by atoms with Crippen LogP contribution in [-0.2, 0) is 0 Å². The first-order valence-corrected chi connectivity index (χ1v) is 9.32. The molecule has 0 fully saturated rings. The summed E-state index contributed by atoms with van der Waals surface area (Å²) in [6.45, 7) is 7.98. The predicted octanol–water partition coefficient (Wildman–Crippen LogP) is 6.44. The van der Waals surface area contributed by atoms with E-state index in [9.17, 15) is 5.11 Å². The van der Waals surface area contributed by atoms with Gasteiger partial charge in [-0.15, -0.1) is 6.58 Å². The molecule has 1 atom stereocenters. The summed E-state index contributed by atoms with van der Waals surface area (Å²) in [7, 11) is 0. The minimum absolute atomic E-state index is 0.412. The van der Waals surface area contributed by atoms with Crippen LogP contribution in [0.25, 0.3) is 32.7 Å². The second-order valence-corrected chi connectivity index (χ2v) is 6.69. The van der Waals surface area contributed by atoms with E-state index in [4.69, 9.17) is 4.74 Å². The summed E-state index contributed by atoms with van der Waals surface area (Å²) in [4.78, 5) is 0. The van der Waals surface area contributed by atoms with Crippen molar-refractivity contribution in [2.24, 2.45) is 0 Å². The van der Waals surface area contributed by atoms with E-state index in [1.165, 1.54) is 0 Å². The Balaban J connectivity index is 2.16. The summed E-state index contributed by atoms with van der Waals surface area (Å²) in [5.74, 6) is 0.771. The van der Waals surface area contributed by atoms with Crippen molar-refractivity contribution in [3.8, 4) is 16.9 Å². The molecule has 4 aromatic carbocycles. The summed E-state index contributed by atoms with van der Waals surface area (Å²) in [5.41, 5.74) is 2.77. The Hall–Kier alpha value is -3.36. The highest BCUT2D eigenvalue weighted by Crippen LogP contribution is 2.44. The molecule has 0 amide bonds. The zero-order valence-corrected chi connectivity index (χ0v) is 15.6.